The zero-order valence-corrected chi connectivity index (χ0v) is 36.4. The minimum atomic E-state index is -1.57. The Morgan fingerprint density at radius 2 is 1.56 bits per heavy atom. The van der Waals surface area contributed by atoms with Gasteiger partial charge in [-0.15, -0.1) is 0 Å². The summed E-state index contributed by atoms with van der Waals surface area (Å²) in [7, 11) is 0. The molecule has 1 aromatic rings. The van der Waals surface area contributed by atoms with Crippen molar-refractivity contribution in [3.8, 4) is 0 Å². The van der Waals surface area contributed by atoms with Gasteiger partial charge in [0.25, 0.3) is 11.5 Å². The van der Waals surface area contributed by atoms with Gasteiger partial charge in [0.05, 0.1) is 24.3 Å². The van der Waals surface area contributed by atoms with E-state index in [9.17, 15) is 48.9 Å². The largest absolute Gasteiger partial charge is 0.455 e. The number of hydrogen-bond acceptors (Lipinski definition) is 21. The van der Waals surface area contributed by atoms with Crippen molar-refractivity contribution in [3.05, 3.63) is 33.1 Å². The molecule has 362 valence electrons. The van der Waals surface area contributed by atoms with Gasteiger partial charge in [-0.1, -0.05) is 0 Å². The maximum Gasteiger partial charge on any atom is 0.408 e. The molecule has 4 rings (SSSR count). The van der Waals surface area contributed by atoms with E-state index >= 15 is 0 Å². The fourth-order valence-electron chi connectivity index (χ4n) is 7.55. The summed E-state index contributed by atoms with van der Waals surface area (Å²) >= 11 is 0. The number of aliphatic hydroxyl groups excluding tert-OH is 3. The van der Waals surface area contributed by atoms with Crippen LogP contribution in [0.15, 0.2) is 21.9 Å². The van der Waals surface area contributed by atoms with Gasteiger partial charge in [-0.05, 0) is 46.5 Å². The van der Waals surface area contributed by atoms with Gasteiger partial charge in [-0.25, -0.2) is 9.59 Å². The Balaban J connectivity index is 1.36. The van der Waals surface area contributed by atoms with Crippen molar-refractivity contribution in [2.24, 2.45) is 22.9 Å². The van der Waals surface area contributed by atoms with Crippen molar-refractivity contribution in [1.29, 1.82) is 0 Å². The highest BCUT2D eigenvalue weighted by Crippen LogP contribution is 2.34. The molecule has 1 aliphatic carbocycles. The predicted octanol–water partition coefficient (Wildman–Crippen LogP) is -5.91. The second kappa shape index (κ2) is 23.0. The molecule has 1 saturated carbocycles. The monoisotopic (exact) mass is 916 g/mol. The molecular formula is C38H64N10O16. The maximum absolute atomic E-state index is 13.5. The molecular weight excluding hydrogens is 852 g/mol. The number of esters is 2. The van der Waals surface area contributed by atoms with E-state index in [-0.39, 0.29) is 51.9 Å². The van der Waals surface area contributed by atoms with E-state index in [1.165, 1.54) is 0 Å². The van der Waals surface area contributed by atoms with Crippen molar-refractivity contribution in [3.63, 3.8) is 0 Å². The molecule has 3 fully saturated rings. The van der Waals surface area contributed by atoms with Crippen LogP contribution in [-0.4, -0.2) is 172 Å². The molecule has 0 spiro atoms. The summed E-state index contributed by atoms with van der Waals surface area (Å²) in [6.45, 7) is 6.97. The number of carbonyl (C=O) groups excluding carboxylic acids is 5. The molecule has 3 aliphatic rings. The van der Waals surface area contributed by atoms with E-state index in [0.29, 0.717) is 0 Å². The molecule has 15 atom stereocenters. The summed E-state index contributed by atoms with van der Waals surface area (Å²) in [6.07, 6.45) is -12.1. The molecule has 0 unspecified atom stereocenters. The first-order chi connectivity index (χ1) is 30.0. The predicted molar refractivity (Wildman–Crippen MR) is 220 cm³/mol. The number of nitrogens with zero attached hydrogens (tertiary/aromatic N) is 1. The molecule has 3 heterocycles. The Hall–Kier alpha value is -4.61. The van der Waals surface area contributed by atoms with E-state index in [0.717, 1.165) is 30.7 Å². The summed E-state index contributed by atoms with van der Waals surface area (Å²) in [5.41, 5.74) is 21.8. The van der Waals surface area contributed by atoms with E-state index in [1.54, 1.807) is 20.8 Å². The van der Waals surface area contributed by atoms with Crippen molar-refractivity contribution in [2.45, 2.75) is 157 Å². The Labute approximate surface area is 367 Å². The Morgan fingerprint density at radius 1 is 0.891 bits per heavy atom. The Kier molecular flexibility index (Phi) is 18.7. The fourth-order valence-corrected chi connectivity index (χ4v) is 7.55. The van der Waals surface area contributed by atoms with Gasteiger partial charge in [0.1, 0.15) is 30.0 Å². The van der Waals surface area contributed by atoms with E-state index in [4.69, 9.17) is 51.4 Å². The number of hydrogen-bond donors (Lipinski definition) is 12. The highest BCUT2D eigenvalue weighted by atomic mass is 16.7. The third-order valence-electron chi connectivity index (χ3n) is 10.6. The van der Waals surface area contributed by atoms with Crippen LogP contribution in [0, 0.1) is 0 Å². The van der Waals surface area contributed by atoms with E-state index < -0.39 is 138 Å². The van der Waals surface area contributed by atoms with E-state index in [2.05, 4.69) is 21.3 Å². The van der Waals surface area contributed by atoms with Crippen LogP contribution in [0.25, 0.3) is 0 Å². The lowest BCUT2D eigenvalue weighted by Gasteiger charge is -2.47. The highest BCUT2D eigenvalue weighted by molar-refractivity contribution is 5.85. The number of ether oxygens (including phenoxy) is 6. The summed E-state index contributed by atoms with van der Waals surface area (Å²) < 4.78 is 34.5. The third-order valence-corrected chi connectivity index (χ3v) is 10.6. The van der Waals surface area contributed by atoms with Gasteiger partial charge in [-0.2, -0.15) is 0 Å². The normalized spacial score (nSPS) is 32.2. The van der Waals surface area contributed by atoms with Crippen LogP contribution >= 0.6 is 0 Å². The first-order valence-electron chi connectivity index (χ1n) is 20.9. The number of H-pyrrole nitrogens is 1. The molecule has 64 heavy (non-hydrogen) atoms. The van der Waals surface area contributed by atoms with Gasteiger partial charge in [-0.3, -0.25) is 33.5 Å². The minimum Gasteiger partial charge on any atom is -0.455 e. The average molecular weight is 917 g/mol. The molecule has 0 radical (unpaired) electrons. The number of nitrogens with one attached hydrogen (secondary N) is 5. The van der Waals surface area contributed by atoms with Crippen LogP contribution in [0.4, 0.5) is 4.79 Å². The first-order valence-corrected chi connectivity index (χ1v) is 20.9. The first kappa shape index (κ1) is 52.0. The number of aliphatic hydroxyl groups is 3. The number of carbonyl (C=O) groups is 5. The standard InChI is InChI=1S/C38H64N10O16/c1-16(49)59-29-30(62-34(31(29)60-17(2)50)48-13-9-22(51)47-36(48)57)33(56)44-10-7-6-8-20(46-37(58)64-38(3,4)5)32(55)45-12-11-43-24-25(52)18(40)14-19(41)28(24)63-35-23(42)27(54)26(53)21(15-39)61-35/h9,13,18-21,23-31,34-35,43,52-54H,6-8,10-12,14-15,39-42H2,1-5H3,(H,44,56)(H,45,55)(H,46,58)(H,47,51,57)/t18-,19+,20+,21-,23-,24+,25+,26-,27-,28-,29-,30+,31-,34-,35-/m1/s1. The molecule has 3 amide bonds. The molecule has 2 aliphatic heterocycles. The second-order valence-electron chi connectivity index (χ2n) is 16.9. The quantitative estimate of drug-likeness (QED) is 0.0371. The Bertz CT molecular complexity index is 1880. The van der Waals surface area contributed by atoms with Crippen LogP contribution in [0.5, 0.6) is 0 Å². The minimum absolute atomic E-state index is 0.00185. The molecule has 1 aromatic heterocycles. The number of rotatable bonds is 18. The smallest absolute Gasteiger partial charge is 0.408 e. The fraction of sp³-hybridized carbons (Fsp3) is 0.763. The van der Waals surface area contributed by atoms with Crippen LogP contribution in [-0.2, 0) is 47.6 Å². The number of aromatic nitrogens is 2. The van der Waals surface area contributed by atoms with Gasteiger partial charge in [0, 0.05) is 64.4 Å². The van der Waals surface area contributed by atoms with Gasteiger partial charge in [0.2, 0.25) is 5.91 Å². The lowest BCUT2D eigenvalue weighted by molar-refractivity contribution is -0.279. The summed E-state index contributed by atoms with van der Waals surface area (Å²) in [6, 6.07) is -3.65. The maximum atomic E-state index is 13.5. The zero-order valence-electron chi connectivity index (χ0n) is 36.4. The Morgan fingerprint density at radius 3 is 2.19 bits per heavy atom. The van der Waals surface area contributed by atoms with Gasteiger partial charge >= 0.3 is 23.7 Å². The van der Waals surface area contributed by atoms with Crippen molar-refractivity contribution < 1.29 is 67.7 Å². The zero-order chi connectivity index (χ0) is 47.6. The molecule has 16 N–H and O–H groups in total. The second-order valence-corrected chi connectivity index (χ2v) is 16.9. The van der Waals surface area contributed by atoms with Gasteiger partial charge in [0.15, 0.2) is 30.8 Å². The van der Waals surface area contributed by atoms with Crippen LogP contribution in [0.3, 0.4) is 0 Å². The molecule has 0 aromatic carbocycles. The molecule has 26 nitrogen and oxygen atoms in total. The van der Waals surface area contributed by atoms with Crippen LogP contribution in [0.2, 0.25) is 0 Å². The number of nitrogens with two attached hydrogens (primary N) is 4. The molecule has 2 saturated heterocycles. The van der Waals surface area contributed by atoms with Crippen LogP contribution < -0.4 is 55.5 Å². The van der Waals surface area contributed by atoms with E-state index in [1.807, 2.05) is 4.98 Å². The summed E-state index contributed by atoms with van der Waals surface area (Å²) in [4.78, 5) is 90.1. The van der Waals surface area contributed by atoms with Crippen LogP contribution in [0.1, 0.15) is 66.5 Å². The SMILES string of the molecule is CC(=O)O[C@@H]1[C@H](OC(C)=O)[C@@H](C(=O)NCCCC[C@H](NC(=O)OC(C)(C)C)C(=O)NCCN[C@H]2[C@@H](O)[C@H](N)C[C@H](N)[C@H]2O[C@H]2O[C@H](CN)[C@@H](O)[C@H](O)[C@H]2N)O[C@H]1n1ccc(=O)[nH]c1=O. The van der Waals surface area contributed by atoms with Gasteiger partial charge < -0.3 is 87.9 Å². The third kappa shape index (κ3) is 13.9. The highest BCUT2D eigenvalue weighted by Gasteiger charge is 2.53. The van der Waals surface area contributed by atoms with Crippen molar-refractivity contribution in [2.75, 3.05) is 26.2 Å². The summed E-state index contributed by atoms with van der Waals surface area (Å²) in [5.74, 6) is -3.05. The average Bonchev–Trinajstić information content (AvgIpc) is 3.53. The lowest BCUT2D eigenvalue weighted by Crippen LogP contribution is -2.70. The number of amides is 3. The number of unbranched alkanes of at least 4 members (excludes halogenated alkanes) is 1. The summed E-state index contributed by atoms with van der Waals surface area (Å²) in [5, 5.41) is 42.8. The van der Waals surface area contributed by atoms with Crippen molar-refractivity contribution >= 4 is 29.8 Å². The molecule has 26 heteroatoms. The molecule has 0 bridgehead atoms. The van der Waals surface area contributed by atoms with Crippen molar-refractivity contribution in [1.82, 2.24) is 30.8 Å². The topological polar surface area (TPSA) is 408 Å². The lowest BCUT2D eigenvalue weighted by atomic mass is 9.82. The number of aromatic amines is 1. The number of alkyl carbamates (subject to hydrolysis) is 1.